The molecule has 1 heterocycles. The summed E-state index contributed by atoms with van der Waals surface area (Å²) >= 11 is 4.45. The second-order valence-corrected chi connectivity index (χ2v) is 5.91. The van der Waals surface area contributed by atoms with Gasteiger partial charge in [0.1, 0.15) is 5.25 Å². The number of thioether (sulfide) groups is 1. The average molecular weight is 356 g/mol. The maximum Gasteiger partial charge on any atom is 0.305 e. The molecule has 1 atom stereocenters. The number of carboxylic acid groups (broad SMARTS) is 1. The molecule has 0 spiro atoms. The lowest BCUT2D eigenvalue weighted by atomic mass is 10.2. The Kier molecular flexibility index (Phi) is 4.91. The van der Waals surface area contributed by atoms with Gasteiger partial charge >= 0.3 is 5.97 Å². The number of amides is 1. The van der Waals surface area contributed by atoms with Gasteiger partial charge in [-0.25, -0.2) is 0 Å². The molecule has 0 bridgehead atoms. The van der Waals surface area contributed by atoms with Gasteiger partial charge in [-0.2, -0.15) is 5.10 Å². The molecule has 2 rings (SSSR count). The predicted octanol–water partition coefficient (Wildman–Crippen LogP) is 1.85. The van der Waals surface area contributed by atoms with E-state index in [1.54, 1.807) is 6.21 Å². The maximum absolute atomic E-state index is 11.5. The summed E-state index contributed by atoms with van der Waals surface area (Å²) < 4.78 is 0.885. The average Bonchev–Trinajstić information content (AvgIpc) is 2.72. The second-order valence-electron chi connectivity index (χ2n) is 3.86. The van der Waals surface area contributed by atoms with Crippen molar-refractivity contribution >= 4 is 51.0 Å². The van der Waals surface area contributed by atoms with E-state index in [1.165, 1.54) is 0 Å². The molecule has 1 aromatic rings. The van der Waals surface area contributed by atoms with Gasteiger partial charge in [0.05, 0.1) is 12.6 Å². The summed E-state index contributed by atoms with van der Waals surface area (Å²) in [6.07, 6.45) is 1.32. The lowest BCUT2D eigenvalue weighted by Crippen LogP contribution is -2.26. The van der Waals surface area contributed by atoms with Gasteiger partial charge in [0, 0.05) is 10.0 Å². The van der Waals surface area contributed by atoms with Crippen molar-refractivity contribution in [2.24, 2.45) is 10.2 Å². The Bertz CT molecular complexity index is 603. The van der Waals surface area contributed by atoms with Crippen molar-refractivity contribution in [3.05, 3.63) is 34.3 Å². The van der Waals surface area contributed by atoms with Gasteiger partial charge < -0.3 is 10.4 Å². The van der Waals surface area contributed by atoms with E-state index in [0.29, 0.717) is 5.17 Å². The number of halogens is 1. The topological polar surface area (TPSA) is 91.1 Å². The Labute approximate surface area is 127 Å². The molecule has 0 aromatic heterocycles. The number of nitrogens with one attached hydrogen (secondary N) is 1. The summed E-state index contributed by atoms with van der Waals surface area (Å²) in [6.45, 7) is 0. The van der Waals surface area contributed by atoms with Crippen LogP contribution in [0.3, 0.4) is 0 Å². The zero-order valence-electron chi connectivity index (χ0n) is 10.1. The molecular weight excluding hydrogens is 346 g/mol. The molecule has 1 saturated heterocycles. The van der Waals surface area contributed by atoms with Crippen LogP contribution in [0.15, 0.2) is 38.9 Å². The minimum absolute atomic E-state index is 0.233. The van der Waals surface area contributed by atoms with Crippen molar-refractivity contribution in [1.29, 1.82) is 0 Å². The van der Waals surface area contributed by atoms with Crippen LogP contribution in [-0.4, -0.2) is 33.6 Å². The van der Waals surface area contributed by atoms with Gasteiger partial charge in [-0.15, -0.1) is 5.10 Å². The standard InChI is InChI=1S/C12H10BrN3O3S/c13-8-4-2-1-3-7(8)6-14-16-12-15-11(19)9(20-12)5-10(17)18/h1-4,6,9H,5H2,(H,17,18)(H,15,16,19). The molecule has 0 saturated carbocycles. The molecule has 1 aliphatic heterocycles. The van der Waals surface area contributed by atoms with Crippen LogP contribution in [-0.2, 0) is 9.59 Å². The monoisotopic (exact) mass is 355 g/mol. The van der Waals surface area contributed by atoms with E-state index in [1.807, 2.05) is 24.3 Å². The smallest absolute Gasteiger partial charge is 0.305 e. The zero-order valence-corrected chi connectivity index (χ0v) is 12.5. The van der Waals surface area contributed by atoms with Crippen molar-refractivity contribution in [3.63, 3.8) is 0 Å². The largest absolute Gasteiger partial charge is 0.481 e. The molecule has 6 nitrogen and oxygen atoms in total. The fraction of sp³-hybridized carbons (Fsp3) is 0.167. The second kappa shape index (κ2) is 6.67. The van der Waals surface area contributed by atoms with Crippen molar-refractivity contribution in [2.75, 3.05) is 0 Å². The Morgan fingerprint density at radius 1 is 1.50 bits per heavy atom. The maximum atomic E-state index is 11.5. The van der Waals surface area contributed by atoms with Gasteiger partial charge in [0.25, 0.3) is 0 Å². The first-order chi connectivity index (χ1) is 9.56. The van der Waals surface area contributed by atoms with Gasteiger partial charge in [-0.1, -0.05) is 45.9 Å². The van der Waals surface area contributed by atoms with Crippen LogP contribution in [0.2, 0.25) is 0 Å². The third-order valence-corrected chi connectivity index (χ3v) is 4.18. The number of carbonyl (C=O) groups is 2. The highest BCUT2D eigenvalue weighted by Crippen LogP contribution is 2.22. The molecule has 1 fully saturated rings. The summed E-state index contributed by atoms with van der Waals surface area (Å²) in [6, 6.07) is 7.50. The number of carboxylic acids is 1. The van der Waals surface area contributed by atoms with E-state index >= 15 is 0 Å². The van der Waals surface area contributed by atoms with E-state index < -0.39 is 11.2 Å². The molecule has 2 N–H and O–H groups in total. The first-order valence-electron chi connectivity index (χ1n) is 5.61. The highest BCUT2D eigenvalue weighted by molar-refractivity contribution is 9.10. The van der Waals surface area contributed by atoms with Crippen molar-refractivity contribution in [1.82, 2.24) is 5.32 Å². The van der Waals surface area contributed by atoms with Crippen LogP contribution < -0.4 is 5.32 Å². The fourth-order valence-electron chi connectivity index (χ4n) is 1.47. The third-order valence-electron chi connectivity index (χ3n) is 2.39. The van der Waals surface area contributed by atoms with Crippen molar-refractivity contribution < 1.29 is 14.7 Å². The molecule has 1 amide bonds. The normalized spacial score (nSPS) is 20.6. The van der Waals surface area contributed by atoms with E-state index in [4.69, 9.17) is 5.11 Å². The summed E-state index contributed by atoms with van der Waals surface area (Å²) in [5.74, 6) is -1.37. The summed E-state index contributed by atoms with van der Waals surface area (Å²) in [4.78, 5) is 22.0. The molecule has 8 heteroatoms. The molecule has 20 heavy (non-hydrogen) atoms. The molecule has 0 radical (unpaired) electrons. The van der Waals surface area contributed by atoms with Crippen LogP contribution in [0.1, 0.15) is 12.0 Å². The van der Waals surface area contributed by atoms with E-state index in [-0.39, 0.29) is 12.3 Å². The summed E-state index contributed by atoms with van der Waals surface area (Å²) in [5, 5.41) is 18.6. The van der Waals surface area contributed by atoms with Crippen molar-refractivity contribution in [3.8, 4) is 0 Å². The van der Waals surface area contributed by atoms with Gasteiger partial charge in [0.15, 0.2) is 5.17 Å². The number of amidine groups is 1. The highest BCUT2D eigenvalue weighted by atomic mass is 79.9. The highest BCUT2D eigenvalue weighted by Gasteiger charge is 2.32. The molecule has 104 valence electrons. The predicted molar refractivity (Wildman–Crippen MR) is 80.9 cm³/mol. The number of carbonyl (C=O) groups excluding carboxylic acids is 1. The van der Waals surface area contributed by atoms with E-state index in [9.17, 15) is 9.59 Å². The van der Waals surface area contributed by atoms with Crippen molar-refractivity contribution in [2.45, 2.75) is 11.7 Å². The number of benzene rings is 1. The fourth-order valence-corrected chi connectivity index (χ4v) is 2.77. The minimum atomic E-state index is -1.02. The summed E-state index contributed by atoms with van der Waals surface area (Å²) in [5.41, 5.74) is 0.855. The van der Waals surface area contributed by atoms with Crippen LogP contribution in [0.4, 0.5) is 0 Å². The Hall–Kier alpha value is -1.67. The number of rotatable bonds is 4. The molecular formula is C12H10BrN3O3S. The summed E-state index contributed by atoms with van der Waals surface area (Å²) in [7, 11) is 0. The number of aliphatic carboxylic acids is 1. The quantitative estimate of drug-likeness (QED) is 0.636. The van der Waals surface area contributed by atoms with E-state index in [0.717, 1.165) is 21.8 Å². The Balaban J connectivity index is 2.01. The number of hydrogen-bond donors (Lipinski definition) is 2. The molecule has 1 aliphatic rings. The number of hydrogen-bond acceptors (Lipinski definition) is 5. The van der Waals surface area contributed by atoms with Crippen LogP contribution in [0.25, 0.3) is 0 Å². The minimum Gasteiger partial charge on any atom is -0.481 e. The molecule has 0 aliphatic carbocycles. The zero-order chi connectivity index (χ0) is 14.5. The van der Waals surface area contributed by atoms with E-state index in [2.05, 4.69) is 31.4 Å². The van der Waals surface area contributed by atoms with Gasteiger partial charge in [-0.3, -0.25) is 9.59 Å². The molecule has 1 unspecified atom stereocenters. The lowest BCUT2D eigenvalue weighted by molar-refractivity contribution is -0.138. The Morgan fingerprint density at radius 2 is 2.25 bits per heavy atom. The van der Waals surface area contributed by atoms with Crippen LogP contribution in [0.5, 0.6) is 0 Å². The SMILES string of the molecule is O=C(O)CC1SC(=NN=Cc2ccccc2Br)NC1=O. The Morgan fingerprint density at radius 3 is 2.95 bits per heavy atom. The lowest BCUT2D eigenvalue weighted by Gasteiger charge is -1.97. The first kappa shape index (κ1) is 14.7. The third kappa shape index (κ3) is 3.91. The van der Waals surface area contributed by atoms with Crippen LogP contribution >= 0.6 is 27.7 Å². The number of nitrogens with zero attached hydrogens (tertiary/aromatic N) is 2. The first-order valence-corrected chi connectivity index (χ1v) is 7.28. The van der Waals surface area contributed by atoms with Crippen LogP contribution in [0, 0.1) is 0 Å². The van der Waals surface area contributed by atoms with Gasteiger partial charge in [-0.05, 0) is 6.07 Å². The van der Waals surface area contributed by atoms with Gasteiger partial charge in [0.2, 0.25) is 5.91 Å². The molecule has 1 aromatic carbocycles.